The van der Waals surface area contributed by atoms with Crippen LogP contribution in [0.3, 0.4) is 0 Å². The number of nitrogens with zero attached hydrogens (tertiary/aromatic N) is 1. The van der Waals surface area contributed by atoms with E-state index in [-0.39, 0.29) is 29.2 Å². The molecule has 2 rings (SSSR count). The lowest BCUT2D eigenvalue weighted by molar-refractivity contribution is -0.141. The van der Waals surface area contributed by atoms with Gasteiger partial charge in [-0.1, -0.05) is 20.8 Å². The first-order valence-corrected chi connectivity index (χ1v) is 8.50. The van der Waals surface area contributed by atoms with E-state index >= 15 is 0 Å². The van der Waals surface area contributed by atoms with Crippen LogP contribution in [0.1, 0.15) is 59.3 Å². The quantitative estimate of drug-likeness (QED) is 0.825. The molecule has 2 N–H and O–H groups in total. The fourth-order valence-corrected chi connectivity index (χ4v) is 3.53. The maximum atomic E-state index is 12.5. The topological polar surface area (TPSA) is 86.7 Å². The van der Waals surface area contributed by atoms with Crippen molar-refractivity contribution in [1.82, 2.24) is 10.2 Å². The lowest BCUT2D eigenvalue weighted by atomic mass is 9.91. The van der Waals surface area contributed by atoms with Gasteiger partial charge in [-0.2, -0.15) is 0 Å². The average Bonchev–Trinajstić information content (AvgIpc) is 3.04. The Kier molecular flexibility index (Phi) is 5.32. The van der Waals surface area contributed by atoms with Crippen molar-refractivity contribution in [3.8, 4) is 0 Å². The molecule has 6 nitrogen and oxygen atoms in total. The number of rotatable bonds is 4. The number of carboxylic acid groups (broad SMARTS) is 1. The van der Waals surface area contributed by atoms with Crippen LogP contribution < -0.4 is 5.32 Å². The number of nitrogens with one attached hydrogen (secondary N) is 1. The molecule has 23 heavy (non-hydrogen) atoms. The minimum atomic E-state index is -0.787. The lowest BCUT2D eigenvalue weighted by Crippen LogP contribution is -2.49. The first-order chi connectivity index (χ1) is 10.7. The number of carbonyl (C=O) groups excluding carboxylic acids is 2. The highest BCUT2D eigenvalue weighted by molar-refractivity contribution is 5.88. The van der Waals surface area contributed by atoms with E-state index in [1.807, 2.05) is 20.8 Å². The molecule has 0 aromatic carbocycles. The van der Waals surface area contributed by atoms with Crippen molar-refractivity contribution in [2.24, 2.45) is 11.3 Å². The highest BCUT2D eigenvalue weighted by Gasteiger charge is 2.37. The fraction of sp³-hybridized carbons (Fsp3) is 0.824. The zero-order valence-corrected chi connectivity index (χ0v) is 14.3. The van der Waals surface area contributed by atoms with Gasteiger partial charge < -0.3 is 15.3 Å². The van der Waals surface area contributed by atoms with Gasteiger partial charge in [-0.05, 0) is 37.5 Å². The Morgan fingerprint density at radius 3 is 2.43 bits per heavy atom. The average molecular weight is 324 g/mol. The third kappa shape index (κ3) is 4.69. The molecule has 2 aliphatic rings. The van der Waals surface area contributed by atoms with Crippen molar-refractivity contribution in [3.05, 3.63) is 0 Å². The van der Waals surface area contributed by atoms with Gasteiger partial charge in [0.05, 0.1) is 5.92 Å². The van der Waals surface area contributed by atoms with E-state index in [9.17, 15) is 14.4 Å². The number of hydrogen-bond acceptors (Lipinski definition) is 3. The summed E-state index contributed by atoms with van der Waals surface area (Å²) in [5.41, 5.74) is -0.0964. The largest absolute Gasteiger partial charge is 0.481 e. The first-order valence-electron chi connectivity index (χ1n) is 8.50. The van der Waals surface area contributed by atoms with E-state index in [1.54, 1.807) is 4.90 Å². The fourth-order valence-electron chi connectivity index (χ4n) is 3.53. The Labute approximate surface area is 137 Å². The number of likely N-dealkylation sites (tertiary alicyclic amines) is 1. The van der Waals surface area contributed by atoms with Gasteiger partial charge in [-0.3, -0.25) is 14.4 Å². The Bertz CT molecular complexity index is 483. The summed E-state index contributed by atoms with van der Waals surface area (Å²) in [4.78, 5) is 37.6. The highest BCUT2D eigenvalue weighted by atomic mass is 16.4. The number of aliphatic carboxylic acids is 1. The zero-order chi connectivity index (χ0) is 17.2. The second-order valence-corrected chi connectivity index (χ2v) is 8.04. The highest BCUT2D eigenvalue weighted by Crippen LogP contribution is 2.28. The monoisotopic (exact) mass is 324 g/mol. The summed E-state index contributed by atoms with van der Waals surface area (Å²) in [5, 5.41) is 12.0. The first kappa shape index (κ1) is 17.8. The van der Waals surface area contributed by atoms with Crippen molar-refractivity contribution in [2.75, 3.05) is 6.54 Å². The minimum absolute atomic E-state index is 0.0324. The van der Waals surface area contributed by atoms with Crippen LogP contribution in [0.2, 0.25) is 0 Å². The Morgan fingerprint density at radius 2 is 1.87 bits per heavy atom. The van der Waals surface area contributed by atoms with Gasteiger partial charge in [0.1, 0.15) is 6.04 Å². The van der Waals surface area contributed by atoms with E-state index in [0.29, 0.717) is 38.6 Å². The van der Waals surface area contributed by atoms with Gasteiger partial charge in [0.25, 0.3) is 0 Å². The number of amides is 2. The summed E-state index contributed by atoms with van der Waals surface area (Å²) in [5.74, 6) is -1.24. The summed E-state index contributed by atoms with van der Waals surface area (Å²) >= 11 is 0. The smallest absolute Gasteiger partial charge is 0.306 e. The van der Waals surface area contributed by atoms with Gasteiger partial charge in [0.2, 0.25) is 11.8 Å². The molecular weight excluding hydrogens is 296 g/mol. The SMILES string of the molecule is CC(C)(C)CC(=O)N1CCCC1C(=O)N[C@H]1CC[C@@H](C(=O)O)C1. The molecule has 0 aromatic rings. The molecule has 2 fully saturated rings. The van der Waals surface area contributed by atoms with Crippen molar-refractivity contribution in [1.29, 1.82) is 0 Å². The van der Waals surface area contributed by atoms with E-state index in [2.05, 4.69) is 5.32 Å². The molecule has 2 amide bonds. The second-order valence-electron chi connectivity index (χ2n) is 8.04. The molecule has 1 unspecified atom stereocenters. The number of carboxylic acids is 1. The van der Waals surface area contributed by atoms with Crippen molar-refractivity contribution < 1.29 is 19.5 Å². The Morgan fingerprint density at radius 1 is 1.17 bits per heavy atom. The maximum absolute atomic E-state index is 12.5. The van der Waals surface area contributed by atoms with Gasteiger partial charge in [0, 0.05) is 19.0 Å². The molecular formula is C17H28N2O4. The molecule has 130 valence electrons. The van der Waals surface area contributed by atoms with E-state index in [1.165, 1.54) is 0 Å². The molecule has 0 bridgehead atoms. The molecule has 0 aromatic heterocycles. The second kappa shape index (κ2) is 6.89. The van der Waals surface area contributed by atoms with Crippen LogP contribution in [0.15, 0.2) is 0 Å². The minimum Gasteiger partial charge on any atom is -0.481 e. The third-order valence-electron chi connectivity index (χ3n) is 4.69. The Balaban J connectivity index is 1.91. The van der Waals surface area contributed by atoms with Crippen molar-refractivity contribution >= 4 is 17.8 Å². The van der Waals surface area contributed by atoms with Crippen LogP contribution in [0.5, 0.6) is 0 Å². The summed E-state index contributed by atoms with van der Waals surface area (Å²) in [7, 11) is 0. The van der Waals surface area contributed by atoms with Gasteiger partial charge in [-0.15, -0.1) is 0 Å². The summed E-state index contributed by atoms with van der Waals surface area (Å²) in [6.07, 6.45) is 3.77. The predicted molar refractivity (Wildman–Crippen MR) is 85.7 cm³/mol. The molecule has 1 heterocycles. The predicted octanol–water partition coefficient (Wildman–Crippen LogP) is 1.78. The van der Waals surface area contributed by atoms with Crippen molar-refractivity contribution in [3.63, 3.8) is 0 Å². The van der Waals surface area contributed by atoms with Crippen LogP contribution in [-0.4, -0.2) is 46.4 Å². The maximum Gasteiger partial charge on any atom is 0.306 e. The molecule has 1 saturated carbocycles. The summed E-state index contributed by atoms with van der Waals surface area (Å²) in [6.45, 7) is 6.68. The van der Waals surface area contributed by atoms with Gasteiger partial charge >= 0.3 is 5.97 Å². The number of carbonyl (C=O) groups is 3. The van der Waals surface area contributed by atoms with Gasteiger partial charge in [0.15, 0.2) is 0 Å². The molecule has 1 aliphatic heterocycles. The molecule has 0 spiro atoms. The van der Waals surface area contributed by atoms with Crippen LogP contribution in [-0.2, 0) is 14.4 Å². The molecule has 3 atom stereocenters. The summed E-state index contributed by atoms with van der Waals surface area (Å²) in [6, 6.07) is -0.475. The number of hydrogen-bond donors (Lipinski definition) is 2. The molecule has 1 saturated heterocycles. The molecule has 6 heteroatoms. The molecule has 1 aliphatic carbocycles. The van der Waals surface area contributed by atoms with Crippen LogP contribution in [0.25, 0.3) is 0 Å². The van der Waals surface area contributed by atoms with Gasteiger partial charge in [-0.25, -0.2) is 0 Å². The summed E-state index contributed by atoms with van der Waals surface area (Å²) < 4.78 is 0. The van der Waals surface area contributed by atoms with Crippen LogP contribution in [0.4, 0.5) is 0 Å². The standard InChI is InChI=1S/C17H28N2O4/c1-17(2,3)10-14(20)19-8-4-5-13(19)15(21)18-12-7-6-11(9-12)16(22)23/h11-13H,4-10H2,1-3H3,(H,18,21)(H,22,23)/t11-,12+,13?/m1/s1. The molecule has 0 radical (unpaired) electrons. The van der Waals surface area contributed by atoms with Crippen LogP contribution >= 0.6 is 0 Å². The van der Waals surface area contributed by atoms with E-state index < -0.39 is 12.0 Å². The van der Waals surface area contributed by atoms with E-state index in [4.69, 9.17) is 5.11 Å². The van der Waals surface area contributed by atoms with Crippen LogP contribution in [0, 0.1) is 11.3 Å². The van der Waals surface area contributed by atoms with Crippen molar-refractivity contribution in [2.45, 2.75) is 71.4 Å². The lowest BCUT2D eigenvalue weighted by Gasteiger charge is -2.28. The zero-order valence-electron chi connectivity index (χ0n) is 14.3. The van der Waals surface area contributed by atoms with E-state index in [0.717, 1.165) is 6.42 Å². The normalized spacial score (nSPS) is 28.0. The Hall–Kier alpha value is -1.59. The third-order valence-corrected chi connectivity index (χ3v) is 4.69.